The van der Waals surface area contributed by atoms with Gasteiger partial charge in [-0.2, -0.15) is 0 Å². The lowest BCUT2D eigenvalue weighted by Gasteiger charge is -2.11. The highest BCUT2D eigenvalue weighted by Gasteiger charge is 2.16. The number of benzene rings is 1. The lowest BCUT2D eigenvalue weighted by molar-refractivity contribution is -0.138. The summed E-state index contributed by atoms with van der Waals surface area (Å²) < 4.78 is 0. The van der Waals surface area contributed by atoms with Crippen LogP contribution in [0.1, 0.15) is 42.5 Å². The van der Waals surface area contributed by atoms with E-state index in [1.165, 1.54) is 0 Å². The minimum atomic E-state index is -0.203. The predicted molar refractivity (Wildman–Crippen MR) is 74.9 cm³/mol. The molecule has 0 aliphatic heterocycles. The van der Waals surface area contributed by atoms with Gasteiger partial charge in [0.25, 0.3) is 5.91 Å². The van der Waals surface area contributed by atoms with Crippen molar-refractivity contribution >= 4 is 11.8 Å². The van der Waals surface area contributed by atoms with Crippen LogP contribution in [0.4, 0.5) is 0 Å². The standard InChI is InChI=1S/C15H20N2O3/c18-14(17-20-13-8-4-5-9-13)10-11-16-15(19)12-6-2-1-3-7-12/h1-3,6-7,13H,4-5,8-11H2,(H,16,19)(H,17,18). The first-order valence-corrected chi connectivity index (χ1v) is 7.03. The van der Waals surface area contributed by atoms with E-state index in [4.69, 9.17) is 4.84 Å². The van der Waals surface area contributed by atoms with Crippen LogP contribution in [-0.2, 0) is 9.63 Å². The predicted octanol–water partition coefficient (Wildman–Crippen LogP) is 1.80. The molecule has 5 nitrogen and oxygen atoms in total. The first-order chi connectivity index (χ1) is 9.75. The smallest absolute Gasteiger partial charge is 0.251 e. The summed E-state index contributed by atoms with van der Waals surface area (Å²) >= 11 is 0. The molecule has 2 amide bonds. The number of hydroxylamine groups is 1. The summed E-state index contributed by atoms with van der Waals surface area (Å²) in [5.74, 6) is -0.375. The molecular formula is C15H20N2O3. The zero-order valence-electron chi connectivity index (χ0n) is 11.4. The van der Waals surface area contributed by atoms with E-state index in [-0.39, 0.29) is 24.3 Å². The minimum absolute atomic E-state index is 0.151. The average molecular weight is 276 g/mol. The highest BCUT2D eigenvalue weighted by Crippen LogP contribution is 2.19. The molecule has 0 radical (unpaired) electrons. The SMILES string of the molecule is O=C(CCNC(=O)c1ccccc1)NOC1CCCC1. The monoisotopic (exact) mass is 276 g/mol. The van der Waals surface area contributed by atoms with Gasteiger partial charge in [0, 0.05) is 18.5 Å². The molecular weight excluding hydrogens is 256 g/mol. The lowest BCUT2D eigenvalue weighted by Crippen LogP contribution is -2.32. The van der Waals surface area contributed by atoms with E-state index >= 15 is 0 Å². The summed E-state index contributed by atoms with van der Waals surface area (Å²) in [6.45, 7) is 0.299. The topological polar surface area (TPSA) is 67.4 Å². The molecule has 1 aliphatic rings. The first kappa shape index (κ1) is 14.5. The van der Waals surface area contributed by atoms with E-state index in [0.29, 0.717) is 12.1 Å². The number of carbonyl (C=O) groups excluding carboxylic acids is 2. The Kier molecular flexibility index (Phi) is 5.55. The van der Waals surface area contributed by atoms with E-state index in [1.807, 2.05) is 6.07 Å². The third kappa shape index (κ3) is 4.66. The Labute approximate surface area is 118 Å². The van der Waals surface area contributed by atoms with Gasteiger partial charge in [-0.3, -0.25) is 14.4 Å². The highest BCUT2D eigenvalue weighted by atomic mass is 16.7. The fourth-order valence-electron chi connectivity index (χ4n) is 2.19. The molecule has 0 bridgehead atoms. The van der Waals surface area contributed by atoms with Gasteiger partial charge < -0.3 is 5.32 Å². The Bertz CT molecular complexity index is 442. The number of hydrogen-bond acceptors (Lipinski definition) is 3. The molecule has 0 saturated heterocycles. The van der Waals surface area contributed by atoms with Crippen LogP contribution in [0.15, 0.2) is 30.3 Å². The molecule has 5 heteroatoms. The molecule has 1 aromatic carbocycles. The second-order valence-corrected chi connectivity index (χ2v) is 4.92. The van der Waals surface area contributed by atoms with Crippen LogP contribution in [0.2, 0.25) is 0 Å². The van der Waals surface area contributed by atoms with E-state index in [0.717, 1.165) is 25.7 Å². The maximum absolute atomic E-state index is 11.7. The van der Waals surface area contributed by atoms with Crippen LogP contribution in [0.3, 0.4) is 0 Å². The van der Waals surface area contributed by atoms with Gasteiger partial charge in [-0.25, -0.2) is 5.48 Å². The zero-order valence-corrected chi connectivity index (χ0v) is 11.4. The molecule has 2 N–H and O–H groups in total. The van der Waals surface area contributed by atoms with Crippen molar-refractivity contribution in [3.05, 3.63) is 35.9 Å². The molecule has 1 aliphatic carbocycles. The quantitative estimate of drug-likeness (QED) is 0.778. The maximum Gasteiger partial charge on any atom is 0.251 e. The summed E-state index contributed by atoms with van der Waals surface area (Å²) in [5, 5.41) is 2.70. The van der Waals surface area contributed by atoms with Gasteiger partial charge in [-0.1, -0.05) is 31.0 Å². The Morgan fingerprint density at radius 3 is 2.55 bits per heavy atom. The van der Waals surface area contributed by atoms with E-state index in [1.54, 1.807) is 24.3 Å². The summed E-state index contributed by atoms with van der Waals surface area (Å²) in [6, 6.07) is 8.93. The third-order valence-corrected chi connectivity index (χ3v) is 3.32. The van der Waals surface area contributed by atoms with Crippen molar-refractivity contribution in [3.8, 4) is 0 Å². The summed E-state index contributed by atoms with van der Waals surface area (Å²) in [4.78, 5) is 28.5. The van der Waals surface area contributed by atoms with Gasteiger partial charge >= 0.3 is 0 Å². The number of amides is 2. The fourth-order valence-corrected chi connectivity index (χ4v) is 2.19. The summed E-state index contributed by atoms with van der Waals surface area (Å²) in [5.41, 5.74) is 3.04. The van der Waals surface area contributed by atoms with Gasteiger partial charge in [0.05, 0.1) is 6.10 Å². The van der Waals surface area contributed by atoms with E-state index in [2.05, 4.69) is 10.8 Å². The van der Waals surface area contributed by atoms with Gasteiger partial charge in [0.15, 0.2) is 0 Å². The van der Waals surface area contributed by atoms with Crippen molar-refractivity contribution in [2.45, 2.75) is 38.2 Å². The lowest BCUT2D eigenvalue weighted by atomic mass is 10.2. The molecule has 1 aromatic rings. The molecule has 2 rings (SSSR count). The highest BCUT2D eigenvalue weighted by molar-refractivity contribution is 5.94. The fraction of sp³-hybridized carbons (Fsp3) is 0.467. The Balaban J connectivity index is 1.60. The van der Waals surface area contributed by atoms with Crippen LogP contribution in [-0.4, -0.2) is 24.5 Å². The van der Waals surface area contributed by atoms with Crippen molar-refractivity contribution in [2.75, 3.05) is 6.54 Å². The van der Waals surface area contributed by atoms with Crippen LogP contribution in [0, 0.1) is 0 Å². The molecule has 0 spiro atoms. The summed E-state index contributed by atoms with van der Waals surface area (Å²) in [6.07, 6.45) is 4.70. The molecule has 0 unspecified atom stereocenters. The van der Waals surface area contributed by atoms with Gasteiger partial charge in [0.2, 0.25) is 5.91 Å². The van der Waals surface area contributed by atoms with Crippen molar-refractivity contribution < 1.29 is 14.4 Å². The van der Waals surface area contributed by atoms with Crippen molar-refractivity contribution in [2.24, 2.45) is 0 Å². The Hall–Kier alpha value is -1.88. The van der Waals surface area contributed by atoms with Gasteiger partial charge in [-0.15, -0.1) is 0 Å². The third-order valence-electron chi connectivity index (χ3n) is 3.32. The van der Waals surface area contributed by atoms with E-state index < -0.39 is 0 Å². The zero-order chi connectivity index (χ0) is 14.2. The molecule has 1 saturated carbocycles. The molecule has 0 atom stereocenters. The average Bonchev–Trinajstić information content (AvgIpc) is 2.99. The van der Waals surface area contributed by atoms with Gasteiger partial charge in [-0.05, 0) is 25.0 Å². The van der Waals surface area contributed by atoms with Crippen molar-refractivity contribution in [3.63, 3.8) is 0 Å². The number of nitrogens with one attached hydrogen (secondary N) is 2. The number of rotatable bonds is 6. The molecule has 108 valence electrons. The molecule has 1 fully saturated rings. The van der Waals surface area contributed by atoms with Crippen molar-refractivity contribution in [1.82, 2.24) is 10.8 Å². The molecule has 0 aromatic heterocycles. The molecule has 20 heavy (non-hydrogen) atoms. The van der Waals surface area contributed by atoms with Crippen LogP contribution < -0.4 is 10.8 Å². The largest absolute Gasteiger partial charge is 0.352 e. The van der Waals surface area contributed by atoms with Crippen LogP contribution in [0.25, 0.3) is 0 Å². The Morgan fingerprint density at radius 1 is 1.15 bits per heavy atom. The normalized spacial score (nSPS) is 15.0. The second kappa shape index (κ2) is 7.65. The minimum Gasteiger partial charge on any atom is -0.352 e. The van der Waals surface area contributed by atoms with Crippen LogP contribution >= 0.6 is 0 Å². The maximum atomic E-state index is 11.7. The second-order valence-electron chi connectivity index (χ2n) is 4.92. The summed E-state index contributed by atoms with van der Waals surface area (Å²) in [7, 11) is 0. The van der Waals surface area contributed by atoms with E-state index in [9.17, 15) is 9.59 Å². The van der Waals surface area contributed by atoms with Crippen LogP contribution in [0.5, 0.6) is 0 Å². The number of hydrogen-bond donors (Lipinski definition) is 2. The number of carbonyl (C=O) groups is 2. The van der Waals surface area contributed by atoms with Gasteiger partial charge in [0.1, 0.15) is 0 Å². The van der Waals surface area contributed by atoms with Crippen molar-refractivity contribution in [1.29, 1.82) is 0 Å². The molecule has 0 heterocycles. The Morgan fingerprint density at radius 2 is 1.85 bits per heavy atom. The first-order valence-electron chi connectivity index (χ1n) is 7.03.